The first-order chi connectivity index (χ1) is 7.22. The van der Waals surface area contributed by atoms with E-state index in [0.29, 0.717) is 13.2 Å². The van der Waals surface area contributed by atoms with Crippen molar-refractivity contribution in [1.82, 2.24) is 0 Å². The third kappa shape index (κ3) is 3.84. The maximum Gasteiger partial charge on any atom is 0.192 e. The Morgan fingerprint density at radius 3 is 2.38 bits per heavy atom. The van der Waals surface area contributed by atoms with Crippen molar-refractivity contribution in [3.05, 3.63) is 0 Å². The molecule has 4 heteroatoms. The van der Waals surface area contributed by atoms with Crippen LogP contribution in [-0.2, 0) is 9.16 Å². The van der Waals surface area contributed by atoms with Crippen LogP contribution in [0.25, 0.3) is 0 Å². The Hall–Kier alpha value is 0.0969. The Bertz CT molecular complexity index is 215. The number of hydrogen-bond acceptors (Lipinski definition) is 3. The van der Waals surface area contributed by atoms with Gasteiger partial charge in [-0.25, -0.2) is 0 Å². The van der Waals surface area contributed by atoms with Crippen LogP contribution in [0.15, 0.2) is 0 Å². The standard InChI is InChI=1S/C12H26O3Si/c1-12(2,3)16(4,5)15-9-11-7-6-10(13)8-14-11/h10-11,13H,6-9H2,1-5H3. The average Bonchev–Trinajstić information content (AvgIpc) is 2.15. The minimum atomic E-state index is -1.65. The highest BCUT2D eigenvalue weighted by Gasteiger charge is 2.37. The number of aliphatic hydroxyl groups is 1. The van der Waals surface area contributed by atoms with Crippen molar-refractivity contribution in [2.45, 2.75) is 64.0 Å². The van der Waals surface area contributed by atoms with Gasteiger partial charge in [-0.3, -0.25) is 0 Å². The summed E-state index contributed by atoms with van der Waals surface area (Å²) in [5.41, 5.74) is 0. The van der Waals surface area contributed by atoms with Crippen molar-refractivity contribution in [3.8, 4) is 0 Å². The molecule has 0 spiro atoms. The van der Waals surface area contributed by atoms with Crippen LogP contribution >= 0.6 is 0 Å². The van der Waals surface area contributed by atoms with E-state index >= 15 is 0 Å². The van der Waals surface area contributed by atoms with Crippen LogP contribution in [0.3, 0.4) is 0 Å². The molecule has 1 fully saturated rings. The lowest BCUT2D eigenvalue weighted by Crippen LogP contribution is -2.44. The van der Waals surface area contributed by atoms with Crippen molar-refractivity contribution in [3.63, 3.8) is 0 Å². The number of hydrogen-bond donors (Lipinski definition) is 1. The Kier molecular flexibility index (Phi) is 4.57. The molecule has 1 aliphatic rings. The molecule has 0 radical (unpaired) electrons. The van der Waals surface area contributed by atoms with Crippen molar-refractivity contribution in [1.29, 1.82) is 0 Å². The summed E-state index contributed by atoms with van der Waals surface area (Å²) in [5.74, 6) is 0. The summed E-state index contributed by atoms with van der Waals surface area (Å²) in [4.78, 5) is 0. The molecule has 0 bridgehead atoms. The molecule has 1 saturated heterocycles. The number of aliphatic hydroxyl groups excluding tert-OH is 1. The summed E-state index contributed by atoms with van der Waals surface area (Å²) in [6.07, 6.45) is 1.66. The van der Waals surface area contributed by atoms with E-state index in [1.807, 2.05) is 0 Å². The van der Waals surface area contributed by atoms with Gasteiger partial charge in [0.05, 0.1) is 25.4 Å². The van der Waals surface area contributed by atoms with E-state index in [1.165, 1.54) is 0 Å². The average molecular weight is 246 g/mol. The summed E-state index contributed by atoms with van der Waals surface area (Å²) in [6.45, 7) is 12.4. The number of rotatable bonds is 3. The van der Waals surface area contributed by atoms with E-state index < -0.39 is 8.32 Å². The molecule has 1 rings (SSSR count). The van der Waals surface area contributed by atoms with Crippen LogP contribution in [-0.4, -0.2) is 38.8 Å². The highest BCUT2D eigenvalue weighted by molar-refractivity contribution is 6.74. The summed E-state index contributed by atoms with van der Waals surface area (Å²) < 4.78 is 11.6. The van der Waals surface area contributed by atoms with Crippen molar-refractivity contribution < 1.29 is 14.3 Å². The van der Waals surface area contributed by atoms with E-state index in [4.69, 9.17) is 9.16 Å². The Morgan fingerprint density at radius 1 is 1.31 bits per heavy atom. The molecule has 1 aliphatic heterocycles. The van der Waals surface area contributed by atoms with Crippen molar-refractivity contribution in [2.75, 3.05) is 13.2 Å². The van der Waals surface area contributed by atoms with E-state index in [1.54, 1.807) is 0 Å². The van der Waals surface area contributed by atoms with Gasteiger partial charge in [0, 0.05) is 0 Å². The second-order valence-electron chi connectivity index (χ2n) is 6.26. The van der Waals surface area contributed by atoms with Crippen LogP contribution in [0.5, 0.6) is 0 Å². The molecule has 1 N–H and O–H groups in total. The van der Waals surface area contributed by atoms with Crippen LogP contribution in [0, 0.1) is 0 Å². The summed E-state index contributed by atoms with van der Waals surface area (Å²) in [5, 5.41) is 9.58. The molecule has 2 unspecified atom stereocenters. The van der Waals surface area contributed by atoms with Crippen LogP contribution in [0.4, 0.5) is 0 Å². The largest absolute Gasteiger partial charge is 0.414 e. The fourth-order valence-electron chi connectivity index (χ4n) is 1.44. The molecular weight excluding hydrogens is 220 g/mol. The Balaban J connectivity index is 2.34. The fraction of sp³-hybridized carbons (Fsp3) is 1.00. The van der Waals surface area contributed by atoms with Crippen LogP contribution < -0.4 is 0 Å². The highest BCUT2D eigenvalue weighted by atomic mass is 28.4. The topological polar surface area (TPSA) is 38.7 Å². The molecule has 0 aromatic heterocycles. The van der Waals surface area contributed by atoms with Gasteiger partial charge in [-0.1, -0.05) is 20.8 Å². The molecule has 0 aromatic rings. The minimum absolute atomic E-state index is 0.178. The zero-order valence-corrected chi connectivity index (χ0v) is 12.2. The monoisotopic (exact) mass is 246 g/mol. The lowest BCUT2D eigenvalue weighted by atomic mass is 10.1. The summed E-state index contributed by atoms with van der Waals surface area (Å²) >= 11 is 0. The van der Waals surface area contributed by atoms with Crippen LogP contribution in [0.1, 0.15) is 33.6 Å². The molecule has 1 heterocycles. The molecule has 0 aliphatic carbocycles. The Morgan fingerprint density at radius 2 is 1.94 bits per heavy atom. The third-order valence-electron chi connectivity index (χ3n) is 3.78. The fourth-order valence-corrected chi connectivity index (χ4v) is 2.48. The van der Waals surface area contributed by atoms with Crippen LogP contribution in [0.2, 0.25) is 18.1 Å². The van der Waals surface area contributed by atoms with Gasteiger partial charge >= 0.3 is 0 Å². The SMILES string of the molecule is CC(C)(C)[Si](C)(C)OCC1CCC(O)CO1. The molecule has 0 saturated carbocycles. The van der Waals surface area contributed by atoms with Crippen molar-refractivity contribution in [2.24, 2.45) is 0 Å². The van der Waals surface area contributed by atoms with Gasteiger partial charge in [-0.15, -0.1) is 0 Å². The second-order valence-corrected chi connectivity index (χ2v) is 11.1. The van der Waals surface area contributed by atoms with Gasteiger partial charge in [0.1, 0.15) is 0 Å². The molecule has 0 amide bonds. The maximum atomic E-state index is 9.33. The first kappa shape index (κ1) is 14.2. The van der Waals surface area contributed by atoms with Gasteiger partial charge in [-0.2, -0.15) is 0 Å². The van der Waals surface area contributed by atoms with E-state index in [0.717, 1.165) is 12.8 Å². The van der Waals surface area contributed by atoms with Gasteiger partial charge in [0.15, 0.2) is 8.32 Å². The predicted molar refractivity (Wildman–Crippen MR) is 68.1 cm³/mol. The third-order valence-corrected chi connectivity index (χ3v) is 8.28. The lowest BCUT2D eigenvalue weighted by Gasteiger charge is -2.38. The molecule has 0 aromatic carbocycles. The normalized spacial score (nSPS) is 28.1. The van der Waals surface area contributed by atoms with Crippen molar-refractivity contribution >= 4 is 8.32 Å². The first-order valence-electron chi connectivity index (χ1n) is 6.16. The maximum absolute atomic E-state index is 9.33. The zero-order valence-electron chi connectivity index (χ0n) is 11.2. The van der Waals surface area contributed by atoms with Gasteiger partial charge in [-0.05, 0) is 31.0 Å². The predicted octanol–water partition coefficient (Wildman–Crippen LogP) is 2.55. The first-order valence-corrected chi connectivity index (χ1v) is 9.07. The van der Waals surface area contributed by atoms with E-state index in [9.17, 15) is 5.11 Å². The molecule has 96 valence electrons. The molecular formula is C12H26O3Si. The zero-order chi connectivity index (χ0) is 12.4. The summed E-state index contributed by atoms with van der Waals surface area (Å²) in [6, 6.07) is 0. The van der Waals surface area contributed by atoms with E-state index in [2.05, 4.69) is 33.9 Å². The van der Waals surface area contributed by atoms with Gasteiger partial charge in [0.2, 0.25) is 0 Å². The highest BCUT2D eigenvalue weighted by Crippen LogP contribution is 2.36. The smallest absolute Gasteiger partial charge is 0.192 e. The molecule has 2 atom stereocenters. The second kappa shape index (κ2) is 5.17. The minimum Gasteiger partial charge on any atom is -0.414 e. The molecule has 16 heavy (non-hydrogen) atoms. The quantitative estimate of drug-likeness (QED) is 0.778. The molecule has 3 nitrogen and oxygen atoms in total. The summed E-state index contributed by atoms with van der Waals surface area (Å²) in [7, 11) is -1.65. The lowest BCUT2D eigenvalue weighted by molar-refractivity contribution is -0.0713. The van der Waals surface area contributed by atoms with Gasteiger partial charge in [0.25, 0.3) is 0 Å². The Labute approximate surface area is 100 Å². The number of ether oxygens (including phenoxy) is 1. The van der Waals surface area contributed by atoms with E-state index in [-0.39, 0.29) is 17.2 Å². The van der Waals surface area contributed by atoms with Gasteiger partial charge < -0.3 is 14.3 Å².